The van der Waals surface area contributed by atoms with Gasteiger partial charge in [-0.15, -0.1) is 0 Å². The van der Waals surface area contributed by atoms with E-state index in [1.807, 2.05) is 71.9 Å². The molecule has 0 heterocycles. The third-order valence-corrected chi connectivity index (χ3v) is 11.0. The van der Waals surface area contributed by atoms with Gasteiger partial charge < -0.3 is 23.7 Å². The topological polar surface area (TPSA) is 198 Å². The van der Waals surface area contributed by atoms with Crippen molar-refractivity contribution >= 4 is 47.3 Å². The molecule has 1 aliphatic rings. The van der Waals surface area contributed by atoms with E-state index in [0.29, 0.717) is 59.6 Å². The normalized spacial score (nSPS) is 13.3. The van der Waals surface area contributed by atoms with E-state index in [4.69, 9.17) is 0 Å². The largest absolute Gasteiger partial charge is 0.744 e. The van der Waals surface area contributed by atoms with E-state index in [2.05, 4.69) is 0 Å². The van der Waals surface area contributed by atoms with Gasteiger partial charge in [-0.3, -0.25) is 0 Å². The molecular formula is C37H34N2O10S3-2. The summed E-state index contributed by atoms with van der Waals surface area (Å²) in [6.07, 6.45) is 7.30. The Balaban J connectivity index is 1.54. The number of nitrogens with zero attached hydrogens (tertiary/aromatic N) is 2. The molecule has 0 aromatic heterocycles. The molecular weight excluding hydrogens is 729 g/mol. The molecule has 0 radical (unpaired) electrons. The Kier molecular flexibility index (Phi) is 11.3. The van der Waals surface area contributed by atoms with E-state index in [0.717, 1.165) is 23.5 Å². The fourth-order valence-corrected chi connectivity index (χ4v) is 7.54. The molecule has 12 nitrogen and oxygen atoms in total. The quantitative estimate of drug-likeness (QED) is 0.155. The van der Waals surface area contributed by atoms with E-state index >= 15 is 0 Å². The van der Waals surface area contributed by atoms with Gasteiger partial charge in [-0.2, -0.15) is 0 Å². The Morgan fingerprint density at radius 2 is 1.23 bits per heavy atom. The Bertz CT molecular complexity index is 2450. The molecule has 5 rings (SSSR count). The van der Waals surface area contributed by atoms with E-state index in [1.54, 1.807) is 12.1 Å². The number of phenols is 1. The molecule has 4 aromatic carbocycles. The standard InChI is InChI=1S/C37H36N2O10S3/c1-3-38(24-26-7-5-9-33(21-26)50(41,42)43)31-16-11-28(12-17-31)37(30-15-20-35(40)36(23-30)52(47,48)49)29-13-18-32(19-14-29)39(4-2)25-27-8-6-10-34(22-27)51(44,45)46/h5-23H,3-4,24-25H2,1-2H3,(H3,41,42,43,44,45,46,47,48,49)/p-2. The highest BCUT2D eigenvalue weighted by molar-refractivity contribution is 7.86. The lowest BCUT2D eigenvalue weighted by atomic mass is 9.90. The first-order chi connectivity index (χ1) is 24.5. The molecule has 0 atom stereocenters. The molecule has 0 saturated carbocycles. The second-order valence-corrected chi connectivity index (χ2v) is 15.9. The van der Waals surface area contributed by atoms with Crippen molar-refractivity contribution in [2.45, 2.75) is 41.6 Å². The van der Waals surface area contributed by atoms with Gasteiger partial charge in [-0.25, -0.2) is 29.8 Å². The average molecular weight is 763 g/mol. The fraction of sp³-hybridized carbons (Fsp3) is 0.162. The van der Waals surface area contributed by atoms with Gasteiger partial charge in [0.1, 0.15) is 42.6 Å². The SMILES string of the molecule is CCN(Cc1cccc(S(=O)(=O)[O-])c1)c1ccc(C(=C2C=CC(=[N+](CC)Cc3cccc(S(=O)(=O)[O-])c3)C=C2)c2ccc(O)c(S(=O)(=O)[O-])c2)cc1. The van der Waals surface area contributed by atoms with Crippen molar-refractivity contribution in [1.82, 2.24) is 0 Å². The Morgan fingerprint density at radius 1 is 0.673 bits per heavy atom. The fourth-order valence-electron chi connectivity index (χ4n) is 5.86. The van der Waals surface area contributed by atoms with E-state index in [1.165, 1.54) is 42.5 Å². The van der Waals surface area contributed by atoms with Gasteiger partial charge >= 0.3 is 0 Å². The highest BCUT2D eigenvalue weighted by Crippen LogP contribution is 2.35. The maximum atomic E-state index is 12.0. The molecule has 1 N–H and O–H groups in total. The summed E-state index contributed by atoms with van der Waals surface area (Å²) < 4.78 is 107. The van der Waals surface area contributed by atoms with Crippen molar-refractivity contribution < 1.29 is 48.6 Å². The highest BCUT2D eigenvalue weighted by Gasteiger charge is 2.19. The molecule has 15 heteroatoms. The van der Waals surface area contributed by atoms with Crippen molar-refractivity contribution in [2.75, 3.05) is 18.0 Å². The average Bonchev–Trinajstić information content (AvgIpc) is 3.10. The molecule has 1 aliphatic carbocycles. The Labute approximate surface area is 303 Å². The number of anilines is 1. The number of rotatable bonds is 12. The van der Waals surface area contributed by atoms with Crippen LogP contribution in [0.4, 0.5) is 5.69 Å². The van der Waals surface area contributed by atoms with Crippen LogP contribution in [0.15, 0.2) is 136 Å². The second-order valence-electron chi connectivity index (χ2n) is 11.8. The predicted octanol–water partition coefficient (Wildman–Crippen LogP) is 4.73. The smallest absolute Gasteiger partial charge is 0.200 e. The van der Waals surface area contributed by atoms with Crippen LogP contribution in [-0.2, 0) is 43.4 Å². The summed E-state index contributed by atoms with van der Waals surface area (Å²) in [5.74, 6) is -0.677. The third-order valence-electron chi connectivity index (χ3n) is 8.44. The minimum Gasteiger partial charge on any atom is -0.744 e. The molecule has 4 aromatic rings. The van der Waals surface area contributed by atoms with Crippen LogP contribution in [0.1, 0.15) is 36.1 Å². The summed E-state index contributed by atoms with van der Waals surface area (Å²) in [7, 11) is -14.3. The van der Waals surface area contributed by atoms with Gasteiger partial charge in [0.05, 0.1) is 14.7 Å². The maximum Gasteiger partial charge on any atom is 0.200 e. The van der Waals surface area contributed by atoms with Crippen molar-refractivity contribution in [3.63, 3.8) is 0 Å². The summed E-state index contributed by atoms with van der Waals surface area (Å²) >= 11 is 0. The summed E-state index contributed by atoms with van der Waals surface area (Å²) in [4.78, 5) is 0.565. The number of aromatic hydroxyl groups is 1. The lowest BCUT2D eigenvalue weighted by molar-refractivity contribution is -0.539. The van der Waals surface area contributed by atoms with Crippen LogP contribution in [0.25, 0.3) is 5.57 Å². The van der Waals surface area contributed by atoms with Crippen molar-refractivity contribution in [3.8, 4) is 5.75 Å². The van der Waals surface area contributed by atoms with Gasteiger partial charge in [0.2, 0.25) is 0 Å². The summed E-state index contributed by atoms with van der Waals surface area (Å²) in [6, 6.07) is 22.7. The molecule has 52 heavy (non-hydrogen) atoms. The van der Waals surface area contributed by atoms with Crippen LogP contribution < -0.4 is 4.90 Å². The number of phenolic OH excluding ortho intramolecular Hbond substituents is 1. The van der Waals surface area contributed by atoms with Gasteiger partial charge in [-0.05, 0) is 102 Å². The van der Waals surface area contributed by atoms with Crippen LogP contribution in [0, 0.1) is 0 Å². The molecule has 0 aliphatic heterocycles. The van der Waals surface area contributed by atoms with Gasteiger partial charge in [0.15, 0.2) is 12.3 Å². The number of hydrogen-bond acceptors (Lipinski definition) is 11. The molecule has 0 amide bonds. The molecule has 0 bridgehead atoms. The van der Waals surface area contributed by atoms with E-state index < -0.39 is 41.0 Å². The van der Waals surface area contributed by atoms with Gasteiger partial charge in [0.25, 0.3) is 0 Å². The predicted molar refractivity (Wildman–Crippen MR) is 192 cm³/mol. The van der Waals surface area contributed by atoms with Gasteiger partial charge in [0, 0.05) is 36.5 Å². The van der Waals surface area contributed by atoms with Crippen molar-refractivity contribution in [1.29, 1.82) is 0 Å². The van der Waals surface area contributed by atoms with Crippen LogP contribution in [0.2, 0.25) is 0 Å². The number of allylic oxidation sites excluding steroid dienone is 5. The zero-order valence-electron chi connectivity index (χ0n) is 28.0. The first-order valence-electron chi connectivity index (χ1n) is 15.9. The Hall–Kier alpha value is -4.90. The van der Waals surface area contributed by atoms with E-state index in [9.17, 15) is 44.0 Å². The summed E-state index contributed by atoms with van der Waals surface area (Å²) in [5.41, 5.74) is 4.98. The van der Waals surface area contributed by atoms with Crippen LogP contribution >= 0.6 is 0 Å². The Morgan fingerprint density at radius 3 is 1.77 bits per heavy atom. The summed E-state index contributed by atoms with van der Waals surface area (Å²) in [6.45, 7) is 5.55. The minimum atomic E-state index is -5.02. The van der Waals surface area contributed by atoms with Crippen LogP contribution in [0.3, 0.4) is 0 Å². The highest BCUT2D eigenvalue weighted by atomic mass is 32.2. The lowest BCUT2D eigenvalue weighted by Gasteiger charge is -2.24. The van der Waals surface area contributed by atoms with E-state index in [-0.39, 0.29) is 9.79 Å². The molecule has 0 saturated heterocycles. The maximum absolute atomic E-state index is 12.0. The lowest BCUT2D eigenvalue weighted by Crippen LogP contribution is -2.22. The summed E-state index contributed by atoms with van der Waals surface area (Å²) in [5, 5.41) is 10.2. The van der Waals surface area contributed by atoms with Crippen LogP contribution in [-0.4, -0.2) is 67.4 Å². The molecule has 0 fully saturated rings. The third kappa shape index (κ3) is 9.11. The zero-order chi connectivity index (χ0) is 37.8. The zero-order valence-corrected chi connectivity index (χ0v) is 30.5. The molecule has 272 valence electrons. The first-order valence-corrected chi connectivity index (χ1v) is 20.2. The monoisotopic (exact) mass is 762 g/mol. The van der Waals surface area contributed by atoms with Crippen LogP contribution in [0.5, 0.6) is 5.75 Å². The minimum absolute atomic E-state index is 0.310. The second kappa shape index (κ2) is 15.4. The molecule has 0 spiro atoms. The first kappa shape index (κ1) is 38.3. The van der Waals surface area contributed by atoms with Gasteiger partial charge in [-0.1, -0.05) is 42.5 Å². The molecule has 0 unspecified atom stereocenters. The van der Waals surface area contributed by atoms with Crippen molar-refractivity contribution in [2.24, 2.45) is 0 Å². The number of hydrogen-bond donors (Lipinski definition) is 1. The van der Waals surface area contributed by atoms with Crippen molar-refractivity contribution in [3.05, 3.63) is 143 Å². The number of benzene rings is 4.